The maximum Gasteiger partial charge on any atom is 0.0457 e. The van der Waals surface area contributed by atoms with Gasteiger partial charge in [-0.25, -0.2) is 0 Å². The van der Waals surface area contributed by atoms with Gasteiger partial charge in [0.15, 0.2) is 0 Å². The van der Waals surface area contributed by atoms with E-state index in [0.717, 1.165) is 19.5 Å². The van der Waals surface area contributed by atoms with E-state index in [0.29, 0.717) is 12.5 Å². The third kappa shape index (κ3) is 6.38. The summed E-state index contributed by atoms with van der Waals surface area (Å²) in [7, 11) is 2.08. The number of likely N-dealkylation sites (N-methyl/N-ethyl adjacent to an activating group) is 1. The average Bonchev–Trinajstić information content (AvgIpc) is 1.99. The van der Waals surface area contributed by atoms with Crippen molar-refractivity contribution in [3.05, 3.63) is 12.2 Å². The first-order valence-electron chi connectivity index (χ1n) is 4.50. The Morgan fingerprint density at radius 2 is 2.17 bits per heavy atom. The monoisotopic (exact) mass is 171 g/mol. The van der Waals surface area contributed by atoms with E-state index in [-0.39, 0.29) is 0 Å². The van der Waals surface area contributed by atoms with E-state index in [4.69, 9.17) is 5.11 Å². The van der Waals surface area contributed by atoms with Gasteiger partial charge in [0.25, 0.3) is 0 Å². The van der Waals surface area contributed by atoms with E-state index >= 15 is 0 Å². The minimum absolute atomic E-state index is 0.293. The summed E-state index contributed by atoms with van der Waals surface area (Å²) in [6, 6.07) is 0. The summed E-state index contributed by atoms with van der Waals surface area (Å²) in [5, 5.41) is 8.79. The predicted octanol–water partition coefficient (Wildman–Crippen LogP) is 1.51. The van der Waals surface area contributed by atoms with Gasteiger partial charge in [-0.2, -0.15) is 0 Å². The fraction of sp³-hybridized carbons (Fsp3) is 0.800. The summed E-state index contributed by atoms with van der Waals surface area (Å²) < 4.78 is 0. The van der Waals surface area contributed by atoms with Crippen molar-refractivity contribution in [1.29, 1.82) is 0 Å². The molecule has 1 unspecified atom stereocenters. The fourth-order valence-corrected chi connectivity index (χ4v) is 1.07. The number of aliphatic hydroxyl groups excluding tert-OH is 1. The lowest BCUT2D eigenvalue weighted by Gasteiger charge is -2.18. The molecule has 2 heteroatoms. The summed E-state index contributed by atoms with van der Waals surface area (Å²) in [5.74, 6) is 0.414. The van der Waals surface area contributed by atoms with Crippen LogP contribution in [0.15, 0.2) is 12.2 Å². The SMILES string of the molecule is C=C(C)CN(C)CCC(C)CO. The molecule has 72 valence electrons. The predicted molar refractivity (Wildman–Crippen MR) is 53.2 cm³/mol. The molecule has 12 heavy (non-hydrogen) atoms. The first-order chi connectivity index (χ1) is 5.56. The summed E-state index contributed by atoms with van der Waals surface area (Å²) >= 11 is 0. The molecule has 2 nitrogen and oxygen atoms in total. The Bertz CT molecular complexity index is 134. The largest absolute Gasteiger partial charge is 0.396 e. The normalized spacial score (nSPS) is 13.4. The Labute approximate surface area is 75.9 Å². The first-order valence-corrected chi connectivity index (χ1v) is 4.50. The molecule has 0 amide bonds. The maximum atomic E-state index is 8.79. The third-order valence-corrected chi connectivity index (χ3v) is 1.86. The summed E-state index contributed by atoms with van der Waals surface area (Å²) in [5.41, 5.74) is 1.19. The van der Waals surface area contributed by atoms with Gasteiger partial charge in [0.1, 0.15) is 0 Å². The second kappa shape index (κ2) is 6.21. The molecule has 0 bridgehead atoms. The highest BCUT2D eigenvalue weighted by Gasteiger charge is 2.02. The van der Waals surface area contributed by atoms with E-state index in [1.807, 2.05) is 6.92 Å². The highest BCUT2D eigenvalue weighted by molar-refractivity contribution is 4.90. The molecule has 0 fully saturated rings. The number of hydrogen-bond acceptors (Lipinski definition) is 2. The summed E-state index contributed by atoms with van der Waals surface area (Å²) in [6.45, 7) is 10.2. The molecular formula is C10H21NO. The Kier molecular flexibility index (Phi) is 6.03. The van der Waals surface area contributed by atoms with Crippen LogP contribution in [-0.2, 0) is 0 Å². The van der Waals surface area contributed by atoms with Crippen LogP contribution >= 0.6 is 0 Å². The second-order valence-electron chi connectivity index (χ2n) is 3.77. The highest BCUT2D eigenvalue weighted by atomic mass is 16.3. The Morgan fingerprint density at radius 1 is 1.58 bits per heavy atom. The molecular weight excluding hydrogens is 150 g/mol. The van der Waals surface area contributed by atoms with Crippen LogP contribution in [0.25, 0.3) is 0 Å². The Hall–Kier alpha value is -0.340. The van der Waals surface area contributed by atoms with Crippen LogP contribution in [0, 0.1) is 5.92 Å². The molecule has 1 N–H and O–H groups in total. The van der Waals surface area contributed by atoms with Crippen molar-refractivity contribution in [2.24, 2.45) is 5.92 Å². The van der Waals surface area contributed by atoms with Crippen LogP contribution in [0.3, 0.4) is 0 Å². The van der Waals surface area contributed by atoms with Gasteiger partial charge < -0.3 is 10.0 Å². The average molecular weight is 171 g/mol. The van der Waals surface area contributed by atoms with Gasteiger partial charge in [-0.15, -0.1) is 0 Å². The zero-order chi connectivity index (χ0) is 9.56. The Balaban J connectivity index is 3.43. The van der Waals surface area contributed by atoms with Crippen LogP contribution in [0.1, 0.15) is 20.3 Å². The van der Waals surface area contributed by atoms with E-state index in [1.54, 1.807) is 0 Å². The Morgan fingerprint density at radius 3 is 2.58 bits per heavy atom. The standard InChI is InChI=1S/C10H21NO/c1-9(2)7-11(4)6-5-10(3)8-12/h10,12H,1,5-8H2,2-4H3. The van der Waals surface area contributed by atoms with Crippen LogP contribution in [0.5, 0.6) is 0 Å². The van der Waals surface area contributed by atoms with E-state index in [1.165, 1.54) is 5.57 Å². The van der Waals surface area contributed by atoms with Gasteiger partial charge in [-0.3, -0.25) is 0 Å². The molecule has 0 heterocycles. The second-order valence-corrected chi connectivity index (χ2v) is 3.77. The lowest BCUT2D eigenvalue weighted by molar-refractivity contribution is 0.214. The van der Waals surface area contributed by atoms with Crippen molar-refractivity contribution in [1.82, 2.24) is 4.90 Å². The van der Waals surface area contributed by atoms with Crippen LogP contribution in [0.4, 0.5) is 0 Å². The van der Waals surface area contributed by atoms with Crippen molar-refractivity contribution in [3.8, 4) is 0 Å². The number of nitrogens with zero attached hydrogens (tertiary/aromatic N) is 1. The van der Waals surface area contributed by atoms with E-state index in [9.17, 15) is 0 Å². The molecule has 0 rings (SSSR count). The van der Waals surface area contributed by atoms with Crippen LogP contribution < -0.4 is 0 Å². The molecule has 0 saturated carbocycles. The van der Waals surface area contributed by atoms with Crippen LogP contribution in [-0.4, -0.2) is 36.8 Å². The topological polar surface area (TPSA) is 23.5 Å². The van der Waals surface area contributed by atoms with Gasteiger partial charge in [0, 0.05) is 13.2 Å². The molecule has 1 atom stereocenters. The third-order valence-electron chi connectivity index (χ3n) is 1.86. The zero-order valence-electron chi connectivity index (χ0n) is 8.51. The minimum Gasteiger partial charge on any atom is -0.396 e. The molecule has 0 radical (unpaired) electrons. The van der Waals surface area contributed by atoms with Crippen LogP contribution in [0.2, 0.25) is 0 Å². The van der Waals surface area contributed by atoms with Gasteiger partial charge in [0.05, 0.1) is 0 Å². The molecule has 0 aliphatic heterocycles. The molecule has 0 aromatic heterocycles. The van der Waals surface area contributed by atoms with Crippen molar-refractivity contribution >= 4 is 0 Å². The number of hydrogen-bond donors (Lipinski definition) is 1. The van der Waals surface area contributed by atoms with Crippen molar-refractivity contribution in [3.63, 3.8) is 0 Å². The smallest absolute Gasteiger partial charge is 0.0457 e. The van der Waals surface area contributed by atoms with Gasteiger partial charge in [0.2, 0.25) is 0 Å². The quantitative estimate of drug-likeness (QED) is 0.612. The van der Waals surface area contributed by atoms with E-state index in [2.05, 4.69) is 25.5 Å². The molecule has 0 aromatic carbocycles. The van der Waals surface area contributed by atoms with Gasteiger partial charge in [-0.05, 0) is 32.9 Å². The molecule has 0 aliphatic rings. The van der Waals surface area contributed by atoms with E-state index < -0.39 is 0 Å². The van der Waals surface area contributed by atoms with Crippen molar-refractivity contribution in [2.45, 2.75) is 20.3 Å². The number of rotatable bonds is 6. The van der Waals surface area contributed by atoms with Gasteiger partial charge in [-0.1, -0.05) is 19.1 Å². The first kappa shape index (κ1) is 11.7. The number of aliphatic hydroxyl groups is 1. The zero-order valence-corrected chi connectivity index (χ0v) is 8.51. The molecule has 0 spiro atoms. The highest BCUT2D eigenvalue weighted by Crippen LogP contribution is 2.02. The summed E-state index contributed by atoms with van der Waals surface area (Å²) in [6.07, 6.45) is 1.06. The lowest BCUT2D eigenvalue weighted by Crippen LogP contribution is -2.23. The van der Waals surface area contributed by atoms with Crippen molar-refractivity contribution < 1.29 is 5.11 Å². The molecule has 0 aromatic rings. The minimum atomic E-state index is 0.293. The van der Waals surface area contributed by atoms with Gasteiger partial charge >= 0.3 is 0 Å². The maximum absolute atomic E-state index is 8.79. The summed E-state index contributed by atoms with van der Waals surface area (Å²) in [4.78, 5) is 2.23. The van der Waals surface area contributed by atoms with Crippen molar-refractivity contribution in [2.75, 3.05) is 26.7 Å². The fourth-order valence-electron chi connectivity index (χ4n) is 1.07. The lowest BCUT2D eigenvalue weighted by atomic mass is 10.1. The molecule has 0 saturated heterocycles. The molecule has 0 aliphatic carbocycles.